The minimum Gasteiger partial charge on any atom is -0.480 e. The van der Waals surface area contributed by atoms with Crippen molar-refractivity contribution in [2.75, 3.05) is 6.61 Å². The van der Waals surface area contributed by atoms with Gasteiger partial charge in [-0.3, -0.25) is 4.79 Å². The van der Waals surface area contributed by atoms with Crippen LogP contribution in [0.15, 0.2) is 0 Å². The molecule has 0 fully saturated rings. The van der Waals surface area contributed by atoms with Crippen molar-refractivity contribution >= 4 is 17.9 Å². The highest BCUT2D eigenvalue weighted by molar-refractivity contribution is 5.87. The Morgan fingerprint density at radius 2 is 1.88 bits per heavy atom. The molecule has 16 heavy (non-hydrogen) atoms. The summed E-state index contributed by atoms with van der Waals surface area (Å²) in [7, 11) is 0. The lowest BCUT2D eigenvalue weighted by Crippen LogP contribution is -2.51. The Balaban J connectivity index is 4.19. The van der Waals surface area contributed by atoms with Crippen molar-refractivity contribution in [3.8, 4) is 0 Å². The lowest BCUT2D eigenvalue weighted by molar-refractivity contribution is -0.139. The maximum Gasteiger partial charge on any atom is 0.326 e. The molecular formula is C8H15N3O5. The van der Waals surface area contributed by atoms with E-state index in [2.05, 4.69) is 10.6 Å². The summed E-state index contributed by atoms with van der Waals surface area (Å²) >= 11 is 0. The summed E-state index contributed by atoms with van der Waals surface area (Å²) in [5, 5.41) is 21.5. The molecule has 0 heterocycles. The normalized spacial score (nSPS) is 13.6. The molecule has 0 spiro atoms. The minimum atomic E-state index is -1.27. The van der Waals surface area contributed by atoms with Crippen molar-refractivity contribution in [2.45, 2.75) is 25.4 Å². The van der Waals surface area contributed by atoms with E-state index in [4.69, 9.17) is 15.9 Å². The monoisotopic (exact) mass is 233 g/mol. The third-order valence-corrected chi connectivity index (χ3v) is 1.80. The first kappa shape index (κ1) is 14.2. The zero-order valence-electron chi connectivity index (χ0n) is 8.77. The Morgan fingerprint density at radius 1 is 1.31 bits per heavy atom. The first-order valence-corrected chi connectivity index (χ1v) is 4.58. The number of rotatable bonds is 6. The Kier molecular flexibility index (Phi) is 5.86. The Morgan fingerprint density at radius 3 is 2.25 bits per heavy atom. The Labute approximate surface area is 91.8 Å². The standard InChI is InChI=1S/C8H15N3O5/c1-4(6(9)13)10-8(16)11-5(2-3-12)7(14)15/h4-5,12H,2-3H2,1H3,(H2,9,13)(H,14,15)(H2,10,11,16). The zero-order valence-corrected chi connectivity index (χ0v) is 8.77. The van der Waals surface area contributed by atoms with Gasteiger partial charge in [-0.2, -0.15) is 0 Å². The van der Waals surface area contributed by atoms with Crippen LogP contribution in [0.25, 0.3) is 0 Å². The SMILES string of the molecule is CC(NC(=O)NC(CCO)C(=O)O)C(N)=O. The fourth-order valence-corrected chi connectivity index (χ4v) is 0.854. The van der Waals surface area contributed by atoms with Crippen molar-refractivity contribution in [2.24, 2.45) is 5.73 Å². The quantitative estimate of drug-likeness (QED) is 0.360. The van der Waals surface area contributed by atoms with Gasteiger partial charge in [-0.1, -0.05) is 0 Å². The molecule has 0 aliphatic carbocycles. The summed E-state index contributed by atoms with van der Waals surface area (Å²) < 4.78 is 0. The minimum absolute atomic E-state index is 0.117. The second-order valence-corrected chi connectivity index (χ2v) is 3.14. The Bertz CT molecular complexity index is 281. The van der Waals surface area contributed by atoms with Crippen LogP contribution in [-0.2, 0) is 9.59 Å². The highest BCUT2D eigenvalue weighted by Gasteiger charge is 2.20. The van der Waals surface area contributed by atoms with Crippen molar-refractivity contribution in [1.82, 2.24) is 10.6 Å². The number of nitrogens with one attached hydrogen (secondary N) is 2. The second-order valence-electron chi connectivity index (χ2n) is 3.14. The number of carbonyl (C=O) groups excluding carboxylic acids is 2. The Hall–Kier alpha value is -1.83. The number of urea groups is 1. The second kappa shape index (κ2) is 6.62. The number of hydrogen-bond donors (Lipinski definition) is 5. The molecule has 8 heteroatoms. The first-order chi connectivity index (χ1) is 7.38. The van der Waals surface area contributed by atoms with Gasteiger partial charge in [0.25, 0.3) is 0 Å². The highest BCUT2D eigenvalue weighted by Crippen LogP contribution is 1.91. The lowest BCUT2D eigenvalue weighted by atomic mass is 10.2. The van der Waals surface area contributed by atoms with E-state index in [1.165, 1.54) is 6.92 Å². The number of aliphatic carboxylic acids is 1. The molecule has 0 radical (unpaired) electrons. The summed E-state index contributed by atoms with van der Waals surface area (Å²) in [6.07, 6.45) is -0.117. The van der Waals surface area contributed by atoms with Crippen LogP contribution in [0.3, 0.4) is 0 Å². The molecule has 3 amide bonds. The molecule has 0 aromatic heterocycles. The van der Waals surface area contributed by atoms with Crippen LogP contribution in [0.5, 0.6) is 0 Å². The first-order valence-electron chi connectivity index (χ1n) is 4.58. The number of aliphatic hydroxyl groups is 1. The van der Waals surface area contributed by atoms with Gasteiger partial charge in [0.05, 0.1) is 0 Å². The summed E-state index contributed by atoms with van der Waals surface area (Å²) in [4.78, 5) is 32.4. The van der Waals surface area contributed by atoms with Crippen LogP contribution in [0, 0.1) is 0 Å². The fourth-order valence-electron chi connectivity index (χ4n) is 0.854. The number of hydrogen-bond acceptors (Lipinski definition) is 4. The predicted molar refractivity (Wildman–Crippen MR) is 53.5 cm³/mol. The summed E-state index contributed by atoms with van der Waals surface area (Å²) in [5.74, 6) is -2.00. The molecule has 0 saturated heterocycles. The van der Waals surface area contributed by atoms with Gasteiger partial charge in [-0.05, 0) is 6.92 Å². The number of nitrogens with two attached hydrogens (primary N) is 1. The van der Waals surface area contributed by atoms with Crippen LogP contribution >= 0.6 is 0 Å². The molecule has 6 N–H and O–H groups in total. The van der Waals surface area contributed by atoms with Gasteiger partial charge in [0.2, 0.25) is 5.91 Å². The van der Waals surface area contributed by atoms with Crippen LogP contribution in [0.2, 0.25) is 0 Å². The van der Waals surface area contributed by atoms with E-state index in [1.807, 2.05) is 0 Å². The largest absolute Gasteiger partial charge is 0.480 e. The van der Waals surface area contributed by atoms with Gasteiger partial charge in [0.15, 0.2) is 0 Å². The van der Waals surface area contributed by atoms with E-state index < -0.39 is 30.0 Å². The highest BCUT2D eigenvalue weighted by atomic mass is 16.4. The van der Waals surface area contributed by atoms with E-state index in [0.29, 0.717) is 0 Å². The smallest absolute Gasteiger partial charge is 0.326 e. The fraction of sp³-hybridized carbons (Fsp3) is 0.625. The van der Waals surface area contributed by atoms with Crippen molar-refractivity contribution in [1.29, 1.82) is 0 Å². The number of carboxylic acid groups (broad SMARTS) is 1. The van der Waals surface area contributed by atoms with E-state index in [0.717, 1.165) is 0 Å². The molecule has 0 aromatic rings. The van der Waals surface area contributed by atoms with E-state index in [1.54, 1.807) is 0 Å². The maximum atomic E-state index is 11.2. The van der Waals surface area contributed by atoms with Gasteiger partial charge >= 0.3 is 12.0 Å². The molecule has 0 bridgehead atoms. The van der Waals surface area contributed by atoms with Crippen LogP contribution in [-0.4, -0.2) is 46.8 Å². The number of amides is 3. The molecular weight excluding hydrogens is 218 g/mol. The van der Waals surface area contributed by atoms with E-state index in [-0.39, 0.29) is 13.0 Å². The van der Waals surface area contributed by atoms with Crippen LogP contribution in [0.1, 0.15) is 13.3 Å². The molecule has 92 valence electrons. The average molecular weight is 233 g/mol. The lowest BCUT2D eigenvalue weighted by Gasteiger charge is -2.15. The molecule has 0 rings (SSSR count). The average Bonchev–Trinajstić information content (AvgIpc) is 2.16. The maximum absolute atomic E-state index is 11.2. The van der Waals surface area contributed by atoms with Crippen LogP contribution < -0.4 is 16.4 Å². The molecule has 0 aromatic carbocycles. The molecule has 0 saturated carbocycles. The summed E-state index contributed by atoms with van der Waals surface area (Å²) in [6.45, 7) is 0.992. The molecule has 0 aliphatic heterocycles. The van der Waals surface area contributed by atoms with Crippen molar-refractivity contribution in [3.05, 3.63) is 0 Å². The topological polar surface area (TPSA) is 142 Å². The van der Waals surface area contributed by atoms with Gasteiger partial charge in [-0.15, -0.1) is 0 Å². The number of primary amides is 1. The van der Waals surface area contributed by atoms with Gasteiger partial charge < -0.3 is 26.6 Å². The molecule has 2 atom stereocenters. The van der Waals surface area contributed by atoms with Crippen molar-refractivity contribution in [3.63, 3.8) is 0 Å². The zero-order chi connectivity index (χ0) is 12.7. The predicted octanol–water partition coefficient (Wildman–Crippen LogP) is -2.00. The number of aliphatic hydroxyl groups excluding tert-OH is 1. The van der Waals surface area contributed by atoms with E-state index >= 15 is 0 Å². The van der Waals surface area contributed by atoms with Crippen LogP contribution in [0.4, 0.5) is 4.79 Å². The van der Waals surface area contributed by atoms with Gasteiger partial charge in [-0.25, -0.2) is 9.59 Å². The third kappa shape index (κ3) is 5.15. The van der Waals surface area contributed by atoms with Gasteiger partial charge in [0.1, 0.15) is 12.1 Å². The van der Waals surface area contributed by atoms with E-state index in [9.17, 15) is 14.4 Å². The molecule has 0 aliphatic rings. The van der Waals surface area contributed by atoms with Crippen molar-refractivity contribution < 1.29 is 24.6 Å². The summed E-state index contributed by atoms with van der Waals surface area (Å²) in [6, 6.07) is -2.93. The molecule has 2 unspecified atom stereocenters. The molecule has 8 nitrogen and oxygen atoms in total. The van der Waals surface area contributed by atoms with Gasteiger partial charge in [0, 0.05) is 13.0 Å². The third-order valence-electron chi connectivity index (χ3n) is 1.80. The summed E-state index contributed by atoms with van der Waals surface area (Å²) in [5.41, 5.74) is 4.90. The number of carbonyl (C=O) groups is 3. The number of carboxylic acids is 1.